The maximum absolute atomic E-state index is 12.4. The maximum Gasteiger partial charge on any atom is 0.573 e. The van der Waals surface area contributed by atoms with Gasteiger partial charge in [0, 0.05) is 12.8 Å². The number of anilines is 1. The van der Waals surface area contributed by atoms with Crippen LogP contribution in [0, 0.1) is 0 Å². The van der Waals surface area contributed by atoms with E-state index in [-0.39, 0.29) is 30.2 Å². The van der Waals surface area contributed by atoms with Gasteiger partial charge in [0.1, 0.15) is 5.75 Å². The van der Waals surface area contributed by atoms with Gasteiger partial charge < -0.3 is 15.2 Å². The molecule has 0 saturated carbocycles. The standard InChI is InChI=1S/C17H18F3N3O3/c1-25-9-8-23(22)16(24)14-10-12(4-7-15(14)21)11-2-5-13(6-3-11)26-17(18,19)20/h2-7,10H,8-9,21-22H2,1H3. The smallest absolute Gasteiger partial charge is 0.406 e. The van der Waals surface area contributed by atoms with Crippen molar-refractivity contribution in [1.29, 1.82) is 0 Å². The molecule has 0 fully saturated rings. The molecule has 2 rings (SSSR count). The van der Waals surface area contributed by atoms with Crippen LogP contribution in [-0.2, 0) is 4.74 Å². The zero-order chi connectivity index (χ0) is 19.3. The van der Waals surface area contributed by atoms with Crippen LogP contribution in [-0.4, -0.2) is 37.5 Å². The van der Waals surface area contributed by atoms with Crippen LogP contribution < -0.4 is 16.3 Å². The zero-order valence-corrected chi connectivity index (χ0v) is 13.9. The van der Waals surface area contributed by atoms with Crippen molar-refractivity contribution in [2.45, 2.75) is 6.36 Å². The molecule has 1 amide bonds. The van der Waals surface area contributed by atoms with Crippen molar-refractivity contribution >= 4 is 11.6 Å². The van der Waals surface area contributed by atoms with Crippen molar-refractivity contribution in [3.8, 4) is 16.9 Å². The maximum atomic E-state index is 12.4. The number of halogens is 3. The number of rotatable bonds is 6. The Kier molecular flexibility index (Phi) is 6.06. The summed E-state index contributed by atoms with van der Waals surface area (Å²) in [5, 5.41) is 0.985. The molecule has 0 aliphatic rings. The summed E-state index contributed by atoms with van der Waals surface area (Å²) in [6, 6.07) is 10.00. The molecular weight excluding hydrogens is 351 g/mol. The molecule has 9 heteroatoms. The van der Waals surface area contributed by atoms with E-state index in [2.05, 4.69) is 4.74 Å². The fraction of sp³-hybridized carbons (Fsp3) is 0.235. The number of hydrogen-bond acceptors (Lipinski definition) is 5. The van der Waals surface area contributed by atoms with E-state index in [1.807, 2.05) is 0 Å². The van der Waals surface area contributed by atoms with Crippen LogP contribution in [0.15, 0.2) is 42.5 Å². The Balaban J connectivity index is 2.24. The van der Waals surface area contributed by atoms with Gasteiger partial charge in [-0.2, -0.15) is 0 Å². The predicted molar refractivity (Wildman–Crippen MR) is 90.1 cm³/mol. The van der Waals surface area contributed by atoms with Gasteiger partial charge in [-0.1, -0.05) is 18.2 Å². The first-order chi connectivity index (χ1) is 12.2. The number of nitrogen functional groups attached to an aromatic ring is 1. The number of carbonyl (C=O) groups is 1. The first-order valence-corrected chi connectivity index (χ1v) is 7.52. The van der Waals surface area contributed by atoms with Gasteiger partial charge in [0.05, 0.1) is 18.7 Å². The Labute approximate surface area is 148 Å². The van der Waals surface area contributed by atoms with E-state index in [9.17, 15) is 18.0 Å². The van der Waals surface area contributed by atoms with Crippen LogP contribution in [0.4, 0.5) is 18.9 Å². The van der Waals surface area contributed by atoms with Gasteiger partial charge in [-0.3, -0.25) is 9.80 Å². The Morgan fingerprint density at radius 1 is 1.12 bits per heavy atom. The van der Waals surface area contributed by atoms with Crippen molar-refractivity contribution in [3.63, 3.8) is 0 Å². The minimum atomic E-state index is -4.75. The van der Waals surface area contributed by atoms with Crippen molar-refractivity contribution in [2.24, 2.45) is 5.84 Å². The molecular formula is C17H18F3N3O3. The highest BCUT2D eigenvalue weighted by molar-refractivity contribution is 6.00. The Morgan fingerprint density at radius 3 is 2.31 bits per heavy atom. The number of hydrazine groups is 1. The van der Waals surface area contributed by atoms with E-state index < -0.39 is 12.3 Å². The highest BCUT2D eigenvalue weighted by atomic mass is 19.4. The molecule has 26 heavy (non-hydrogen) atoms. The molecule has 0 heterocycles. The average Bonchev–Trinajstić information content (AvgIpc) is 2.59. The Hall–Kier alpha value is -2.78. The van der Waals surface area contributed by atoms with Crippen molar-refractivity contribution < 1.29 is 27.4 Å². The molecule has 0 bridgehead atoms. The molecule has 0 aromatic heterocycles. The molecule has 2 aromatic carbocycles. The third kappa shape index (κ3) is 5.11. The summed E-state index contributed by atoms with van der Waals surface area (Å²) in [4.78, 5) is 12.4. The van der Waals surface area contributed by atoms with Crippen LogP contribution in [0.3, 0.4) is 0 Å². The van der Waals surface area contributed by atoms with Gasteiger partial charge in [-0.05, 0) is 35.4 Å². The fourth-order valence-corrected chi connectivity index (χ4v) is 2.22. The molecule has 0 spiro atoms. The lowest BCUT2D eigenvalue weighted by Crippen LogP contribution is -2.40. The van der Waals surface area contributed by atoms with Gasteiger partial charge in [-0.15, -0.1) is 13.2 Å². The lowest BCUT2D eigenvalue weighted by molar-refractivity contribution is -0.274. The molecule has 6 nitrogen and oxygen atoms in total. The SMILES string of the molecule is COCCN(N)C(=O)c1cc(-c2ccc(OC(F)(F)F)cc2)ccc1N. The van der Waals surface area contributed by atoms with E-state index in [0.717, 1.165) is 5.01 Å². The number of hydrogen-bond donors (Lipinski definition) is 2. The van der Waals surface area contributed by atoms with Gasteiger partial charge in [0.2, 0.25) is 0 Å². The number of alkyl halides is 3. The summed E-state index contributed by atoms with van der Waals surface area (Å²) < 4.78 is 45.4. The fourth-order valence-electron chi connectivity index (χ4n) is 2.22. The molecule has 0 aliphatic heterocycles. The highest BCUT2D eigenvalue weighted by Crippen LogP contribution is 2.28. The summed E-state index contributed by atoms with van der Waals surface area (Å²) in [6.07, 6.45) is -4.75. The van der Waals surface area contributed by atoms with Gasteiger partial charge in [0.25, 0.3) is 5.91 Å². The van der Waals surface area contributed by atoms with E-state index in [0.29, 0.717) is 11.1 Å². The number of nitrogens with two attached hydrogens (primary N) is 2. The Morgan fingerprint density at radius 2 is 1.73 bits per heavy atom. The minimum absolute atomic E-state index is 0.183. The Bertz CT molecular complexity index is 764. The molecule has 4 N–H and O–H groups in total. The summed E-state index contributed by atoms with van der Waals surface area (Å²) in [5.41, 5.74) is 7.47. The van der Waals surface area contributed by atoms with Crippen molar-refractivity contribution in [3.05, 3.63) is 48.0 Å². The summed E-state index contributed by atoms with van der Waals surface area (Å²) in [5.74, 6) is 4.88. The number of nitrogens with zero attached hydrogens (tertiary/aromatic N) is 1. The van der Waals surface area contributed by atoms with Gasteiger partial charge in [-0.25, -0.2) is 5.84 Å². The van der Waals surface area contributed by atoms with Crippen LogP contribution in [0.2, 0.25) is 0 Å². The third-order valence-corrected chi connectivity index (χ3v) is 3.50. The third-order valence-electron chi connectivity index (χ3n) is 3.50. The lowest BCUT2D eigenvalue weighted by Gasteiger charge is -2.18. The molecule has 140 valence electrons. The molecule has 0 atom stereocenters. The second-order valence-corrected chi connectivity index (χ2v) is 5.37. The van der Waals surface area contributed by atoms with E-state index in [1.165, 1.54) is 43.5 Å². The minimum Gasteiger partial charge on any atom is -0.406 e. The number of carbonyl (C=O) groups excluding carboxylic acids is 1. The zero-order valence-electron chi connectivity index (χ0n) is 13.9. The average molecular weight is 369 g/mol. The van der Waals surface area contributed by atoms with Crippen LogP contribution in [0.5, 0.6) is 5.75 Å². The number of ether oxygens (including phenoxy) is 2. The van der Waals surface area contributed by atoms with Crippen LogP contribution in [0.25, 0.3) is 11.1 Å². The topological polar surface area (TPSA) is 90.8 Å². The predicted octanol–water partition coefficient (Wildman–Crippen LogP) is 2.80. The summed E-state index contributed by atoms with van der Waals surface area (Å²) in [7, 11) is 1.49. The quantitative estimate of drug-likeness (QED) is 0.354. The number of benzene rings is 2. The first-order valence-electron chi connectivity index (χ1n) is 7.52. The molecule has 0 saturated heterocycles. The molecule has 0 unspecified atom stereocenters. The lowest BCUT2D eigenvalue weighted by atomic mass is 10.0. The molecule has 0 radical (unpaired) electrons. The molecule has 2 aromatic rings. The van der Waals surface area contributed by atoms with E-state index >= 15 is 0 Å². The first kappa shape index (κ1) is 19.5. The van der Waals surface area contributed by atoms with Gasteiger partial charge in [0.15, 0.2) is 0 Å². The monoisotopic (exact) mass is 369 g/mol. The summed E-state index contributed by atoms with van der Waals surface area (Å²) in [6.45, 7) is 0.449. The number of methoxy groups -OCH3 is 1. The largest absolute Gasteiger partial charge is 0.573 e. The second kappa shape index (κ2) is 8.07. The van der Waals surface area contributed by atoms with Crippen LogP contribution in [0.1, 0.15) is 10.4 Å². The normalized spacial score (nSPS) is 11.3. The van der Waals surface area contributed by atoms with E-state index in [1.54, 1.807) is 6.07 Å². The van der Waals surface area contributed by atoms with E-state index in [4.69, 9.17) is 16.3 Å². The van der Waals surface area contributed by atoms with Crippen molar-refractivity contribution in [2.75, 3.05) is 26.0 Å². The molecule has 0 aliphatic carbocycles. The van der Waals surface area contributed by atoms with Crippen LogP contribution >= 0.6 is 0 Å². The summed E-state index contributed by atoms with van der Waals surface area (Å²) >= 11 is 0. The number of amides is 1. The van der Waals surface area contributed by atoms with Crippen molar-refractivity contribution in [1.82, 2.24) is 5.01 Å². The second-order valence-electron chi connectivity index (χ2n) is 5.37. The van der Waals surface area contributed by atoms with Gasteiger partial charge >= 0.3 is 6.36 Å². The highest BCUT2D eigenvalue weighted by Gasteiger charge is 2.31.